The number of nitrogens with two attached hydrogens (primary N) is 2. The fourth-order valence-corrected chi connectivity index (χ4v) is 8.14. The predicted octanol–water partition coefficient (Wildman–Crippen LogP) is 3.34. The summed E-state index contributed by atoms with van der Waals surface area (Å²) in [4.78, 5) is 7.72. The maximum atomic E-state index is 12.3. The van der Waals surface area contributed by atoms with Gasteiger partial charge >= 0.3 is 0 Å². The monoisotopic (exact) mass is 474 g/mol. The topological polar surface area (TPSA) is 122 Å². The van der Waals surface area contributed by atoms with Crippen LogP contribution in [0.2, 0.25) is 0 Å². The van der Waals surface area contributed by atoms with Crippen molar-refractivity contribution in [2.24, 2.45) is 61.3 Å². The normalized spacial score (nSPS) is 42.9. The molecule has 0 aromatic carbocycles. The molecule has 8 nitrogen and oxygen atoms in total. The van der Waals surface area contributed by atoms with Gasteiger partial charge in [0, 0.05) is 29.8 Å². The first-order chi connectivity index (χ1) is 16.1. The molecule has 0 aromatic heterocycles. The molecule has 5 N–H and O–H groups in total. The van der Waals surface area contributed by atoms with Gasteiger partial charge < -0.3 is 26.3 Å². The van der Waals surface area contributed by atoms with Crippen LogP contribution in [0.1, 0.15) is 78.1 Å². The molecule has 0 spiro atoms. The Bertz CT molecular complexity index is 824. The van der Waals surface area contributed by atoms with Crippen LogP contribution in [0.3, 0.4) is 0 Å². The van der Waals surface area contributed by atoms with E-state index in [1.54, 1.807) is 0 Å². The van der Waals surface area contributed by atoms with E-state index in [-0.39, 0.29) is 22.7 Å². The Kier molecular flexibility index (Phi) is 7.30. The highest BCUT2D eigenvalue weighted by atomic mass is 16.6. The lowest BCUT2D eigenvalue weighted by Crippen LogP contribution is -2.62. The van der Waals surface area contributed by atoms with Gasteiger partial charge in [0.1, 0.15) is 6.61 Å². The van der Waals surface area contributed by atoms with Crippen molar-refractivity contribution < 1.29 is 9.94 Å². The van der Waals surface area contributed by atoms with Gasteiger partial charge in [-0.1, -0.05) is 19.0 Å². The fourth-order valence-electron chi connectivity index (χ4n) is 8.14. The smallest absolute Gasteiger partial charge is 0.211 e. The Hall–Kier alpha value is -1.67. The zero-order valence-electron chi connectivity index (χ0n) is 21.7. The summed E-state index contributed by atoms with van der Waals surface area (Å²) in [7, 11) is 4.14. The second-order valence-corrected chi connectivity index (χ2v) is 12.2. The summed E-state index contributed by atoms with van der Waals surface area (Å²) < 4.78 is 0. The molecule has 4 aliphatic carbocycles. The molecule has 0 bridgehead atoms. The zero-order chi connectivity index (χ0) is 24.6. The number of nitrogens with zero attached hydrogens (tertiary/aromatic N) is 4. The van der Waals surface area contributed by atoms with Crippen LogP contribution in [-0.4, -0.2) is 60.7 Å². The van der Waals surface area contributed by atoms with Crippen molar-refractivity contribution in [2.45, 2.75) is 83.7 Å². The maximum Gasteiger partial charge on any atom is 0.211 e. The lowest BCUT2D eigenvalue weighted by Gasteiger charge is -2.63. The van der Waals surface area contributed by atoms with Gasteiger partial charge in [0.2, 0.25) is 5.96 Å². The molecule has 4 aliphatic rings. The van der Waals surface area contributed by atoms with Gasteiger partial charge in [-0.05, 0) is 101 Å². The minimum Gasteiger partial charge on any atom is -0.396 e. The van der Waals surface area contributed by atoms with Crippen LogP contribution in [-0.2, 0) is 4.84 Å². The standard InChI is InChI=1S/C26H46N6O2/c1-24-11-9-20(30-31-23(27)28)16-18(24)6-7-22-21(24)10-12-25(2)19(8-13-26(22,25)33)17-29-34-15-5-14-32(3)4/h17-19,21-22,33H,5-16H2,1-4H3,(H4,27,28,31)/b29-17+,30-20?/t18-,19-,21+,22-,24+,25-,26+/m1/s1. The van der Waals surface area contributed by atoms with E-state index in [0.717, 1.165) is 70.0 Å². The van der Waals surface area contributed by atoms with E-state index in [1.165, 1.54) is 6.42 Å². The van der Waals surface area contributed by atoms with E-state index in [9.17, 15) is 5.11 Å². The molecule has 34 heavy (non-hydrogen) atoms. The second-order valence-electron chi connectivity index (χ2n) is 12.2. The van der Waals surface area contributed by atoms with Crippen molar-refractivity contribution in [3.05, 3.63) is 0 Å². The van der Waals surface area contributed by atoms with Gasteiger partial charge in [-0.2, -0.15) is 5.10 Å². The molecule has 0 amide bonds. The van der Waals surface area contributed by atoms with E-state index >= 15 is 0 Å². The third-order valence-corrected chi connectivity index (χ3v) is 10.2. The van der Waals surface area contributed by atoms with E-state index in [1.807, 2.05) is 6.21 Å². The summed E-state index contributed by atoms with van der Waals surface area (Å²) in [6, 6.07) is 0. The van der Waals surface area contributed by atoms with Crippen LogP contribution in [0.5, 0.6) is 0 Å². The van der Waals surface area contributed by atoms with Gasteiger partial charge in [-0.15, -0.1) is 5.10 Å². The van der Waals surface area contributed by atoms with Crippen molar-refractivity contribution >= 4 is 17.9 Å². The number of hydrogen-bond acceptors (Lipinski definition) is 6. The van der Waals surface area contributed by atoms with Crippen LogP contribution >= 0.6 is 0 Å². The molecule has 8 heteroatoms. The summed E-state index contributed by atoms with van der Waals surface area (Å²) >= 11 is 0. The highest BCUT2D eigenvalue weighted by Crippen LogP contribution is 2.68. The van der Waals surface area contributed by atoms with Crippen molar-refractivity contribution in [1.82, 2.24) is 4.90 Å². The molecular weight excluding hydrogens is 428 g/mol. The number of aliphatic hydroxyl groups is 1. The number of oxime groups is 1. The number of fused-ring (bicyclic) bond motifs is 5. The Morgan fingerprint density at radius 3 is 2.65 bits per heavy atom. The van der Waals surface area contributed by atoms with E-state index < -0.39 is 5.60 Å². The Labute approximate surface area is 205 Å². The first kappa shape index (κ1) is 25.4. The number of guanidine groups is 1. The molecule has 0 aromatic rings. The number of hydrogen-bond donors (Lipinski definition) is 3. The van der Waals surface area contributed by atoms with Crippen LogP contribution in [0.25, 0.3) is 0 Å². The molecule has 4 saturated carbocycles. The van der Waals surface area contributed by atoms with Crippen LogP contribution in [0, 0.1) is 34.5 Å². The second kappa shape index (κ2) is 9.76. The quantitative estimate of drug-likeness (QED) is 0.226. The molecule has 0 unspecified atom stereocenters. The maximum absolute atomic E-state index is 12.3. The van der Waals surface area contributed by atoms with Crippen LogP contribution in [0.4, 0.5) is 0 Å². The van der Waals surface area contributed by atoms with Gasteiger partial charge in [-0.25, -0.2) is 0 Å². The Morgan fingerprint density at radius 1 is 1.12 bits per heavy atom. The van der Waals surface area contributed by atoms with Gasteiger partial charge in [0.05, 0.1) is 5.60 Å². The van der Waals surface area contributed by atoms with Crippen LogP contribution in [0.15, 0.2) is 15.4 Å². The van der Waals surface area contributed by atoms with E-state index in [0.29, 0.717) is 24.4 Å². The Morgan fingerprint density at radius 2 is 1.91 bits per heavy atom. The number of rotatable bonds is 7. The fraction of sp³-hybridized carbons (Fsp3) is 0.885. The SMILES string of the molecule is CN(C)CCCO/N=C/[C@H]1CC[C@]2(O)[C@@H]3CC[C@@H]4CC(=NN=C(N)N)CC[C@]4(C)[C@H]3CC[C@]12C. The largest absolute Gasteiger partial charge is 0.396 e. The van der Waals surface area contributed by atoms with Crippen molar-refractivity contribution in [3.8, 4) is 0 Å². The van der Waals surface area contributed by atoms with E-state index in [2.05, 4.69) is 48.2 Å². The van der Waals surface area contributed by atoms with Crippen molar-refractivity contribution in [3.63, 3.8) is 0 Å². The summed E-state index contributed by atoms with van der Waals surface area (Å²) in [6.45, 7) is 6.43. The van der Waals surface area contributed by atoms with E-state index in [4.69, 9.17) is 16.3 Å². The molecule has 0 radical (unpaired) electrons. The zero-order valence-corrected chi connectivity index (χ0v) is 21.7. The molecule has 7 atom stereocenters. The summed E-state index contributed by atoms with van der Waals surface area (Å²) in [5.41, 5.74) is 11.6. The third kappa shape index (κ3) is 4.48. The highest BCUT2D eigenvalue weighted by Gasteiger charge is 2.66. The summed E-state index contributed by atoms with van der Waals surface area (Å²) in [5.74, 6) is 1.83. The first-order valence-electron chi connectivity index (χ1n) is 13.3. The Balaban J connectivity index is 1.43. The average Bonchev–Trinajstić information content (AvgIpc) is 3.05. The molecule has 4 rings (SSSR count). The summed E-state index contributed by atoms with van der Waals surface area (Å²) in [5, 5.41) is 24.8. The van der Waals surface area contributed by atoms with Crippen LogP contribution < -0.4 is 11.5 Å². The highest BCUT2D eigenvalue weighted by molar-refractivity contribution is 5.86. The molecular formula is C26H46N6O2. The minimum atomic E-state index is -0.613. The summed E-state index contributed by atoms with van der Waals surface area (Å²) in [6.07, 6.45) is 12.4. The lowest BCUT2D eigenvalue weighted by atomic mass is 9.43. The predicted molar refractivity (Wildman–Crippen MR) is 138 cm³/mol. The minimum absolute atomic E-state index is 0.0247. The van der Waals surface area contributed by atoms with Crippen molar-refractivity contribution in [2.75, 3.05) is 27.2 Å². The lowest BCUT2D eigenvalue weighted by molar-refractivity contribution is -0.198. The van der Waals surface area contributed by atoms with Gasteiger partial charge in [0.25, 0.3) is 0 Å². The van der Waals surface area contributed by atoms with Gasteiger partial charge in [0.15, 0.2) is 0 Å². The average molecular weight is 475 g/mol. The molecule has 0 saturated heterocycles. The molecule has 0 aliphatic heterocycles. The molecule has 0 heterocycles. The molecule has 4 fully saturated rings. The first-order valence-corrected chi connectivity index (χ1v) is 13.3. The third-order valence-electron chi connectivity index (χ3n) is 10.2. The van der Waals surface area contributed by atoms with Crippen molar-refractivity contribution in [1.29, 1.82) is 0 Å². The molecule has 192 valence electrons. The van der Waals surface area contributed by atoms with Gasteiger partial charge in [-0.3, -0.25) is 0 Å².